The normalized spacial score (nSPS) is 10.2. The summed E-state index contributed by atoms with van der Waals surface area (Å²) in [5, 5.41) is 19.9. The summed E-state index contributed by atoms with van der Waals surface area (Å²) in [6, 6.07) is 13.6. The van der Waals surface area contributed by atoms with Crippen molar-refractivity contribution < 1.29 is 0 Å². The van der Waals surface area contributed by atoms with E-state index in [2.05, 4.69) is 9.97 Å². The number of hydrogen-bond acceptors (Lipinski definition) is 3. The number of fused-ring (bicyclic) bond motifs is 3. The van der Waals surface area contributed by atoms with Crippen LogP contribution >= 0.6 is 0 Å². The van der Waals surface area contributed by atoms with Gasteiger partial charge in [0.15, 0.2) is 11.4 Å². The molecular formula is C13H6N4. The SMILES string of the molecule is N#Cc1nc2c3ccccc3cc-2[nH]c1C#N. The fourth-order valence-electron chi connectivity index (χ4n) is 1.95. The van der Waals surface area contributed by atoms with Gasteiger partial charge in [-0.1, -0.05) is 24.3 Å². The molecule has 0 spiro atoms. The molecule has 17 heavy (non-hydrogen) atoms. The summed E-state index contributed by atoms with van der Waals surface area (Å²) in [7, 11) is 0. The minimum absolute atomic E-state index is 0.136. The molecule has 0 saturated carbocycles. The molecule has 4 nitrogen and oxygen atoms in total. The van der Waals surface area contributed by atoms with Crippen molar-refractivity contribution in [3.63, 3.8) is 0 Å². The van der Waals surface area contributed by atoms with Crippen LogP contribution in [0.5, 0.6) is 0 Å². The standard InChI is InChI=1S/C13H6N4/c14-6-11-12(7-15)17-13-9-4-2-1-3-8(9)5-10(13)16-11/h1-5,16H. The van der Waals surface area contributed by atoms with Crippen molar-refractivity contribution in [3.8, 4) is 23.5 Å². The Morgan fingerprint density at radius 1 is 1.12 bits per heavy atom. The first-order valence-corrected chi connectivity index (χ1v) is 5.05. The molecule has 1 aliphatic carbocycles. The Bertz CT molecular complexity index is 770. The Hall–Kier alpha value is -2.85. The number of rotatable bonds is 0. The van der Waals surface area contributed by atoms with Crippen molar-refractivity contribution in [2.24, 2.45) is 0 Å². The van der Waals surface area contributed by atoms with Crippen LogP contribution in [0.1, 0.15) is 11.4 Å². The third kappa shape index (κ3) is 1.25. The second kappa shape index (κ2) is 3.33. The van der Waals surface area contributed by atoms with E-state index in [0.29, 0.717) is 0 Å². The zero-order valence-electron chi connectivity index (χ0n) is 8.73. The van der Waals surface area contributed by atoms with E-state index >= 15 is 0 Å². The lowest BCUT2D eigenvalue weighted by atomic mass is 10.2. The number of aromatic nitrogens is 2. The van der Waals surface area contributed by atoms with Gasteiger partial charge in [-0.3, -0.25) is 0 Å². The summed E-state index contributed by atoms with van der Waals surface area (Å²) in [4.78, 5) is 7.18. The minimum Gasteiger partial charge on any atom is -0.343 e. The Morgan fingerprint density at radius 3 is 2.71 bits per heavy atom. The molecular weight excluding hydrogens is 212 g/mol. The van der Waals surface area contributed by atoms with E-state index in [-0.39, 0.29) is 11.4 Å². The highest BCUT2D eigenvalue weighted by Gasteiger charge is 2.15. The highest BCUT2D eigenvalue weighted by molar-refractivity contribution is 5.99. The lowest BCUT2D eigenvalue weighted by Gasteiger charge is -2.01. The van der Waals surface area contributed by atoms with Crippen LogP contribution in [0.3, 0.4) is 0 Å². The molecule has 1 aromatic rings. The summed E-state index contributed by atoms with van der Waals surface area (Å²) in [6.07, 6.45) is 0. The molecule has 3 rings (SSSR count). The van der Waals surface area contributed by atoms with Crippen LogP contribution in [0.4, 0.5) is 0 Å². The average Bonchev–Trinajstić information content (AvgIpc) is 2.74. The second-order valence-corrected chi connectivity index (χ2v) is 3.68. The van der Waals surface area contributed by atoms with Crippen LogP contribution in [-0.4, -0.2) is 9.97 Å². The molecule has 4 heteroatoms. The molecule has 0 aromatic heterocycles. The van der Waals surface area contributed by atoms with Gasteiger partial charge in [0.2, 0.25) is 0 Å². The van der Waals surface area contributed by atoms with Crippen LogP contribution in [0, 0.1) is 22.7 Å². The van der Waals surface area contributed by atoms with Gasteiger partial charge in [-0.2, -0.15) is 10.5 Å². The van der Waals surface area contributed by atoms with Crippen molar-refractivity contribution in [2.45, 2.75) is 0 Å². The molecule has 1 aliphatic heterocycles. The smallest absolute Gasteiger partial charge is 0.175 e. The maximum Gasteiger partial charge on any atom is 0.175 e. The van der Waals surface area contributed by atoms with E-state index in [1.54, 1.807) is 0 Å². The predicted octanol–water partition coefficient (Wildman–Crippen LogP) is 2.41. The highest BCUT2D eigenvalue weighted by atomic mass is 14.9. The number of nitrogens with zero attached hydrogens (tertiary/aromatic N) is 3. The summed E-state index contributed by atoms with van der Waals surface area (Å²) < 4.78 is 0. The molecule has 1 aromatic carbocycles. The number of benzene rings is 1. The van der Waals surface area contributed by atoms with Crippen LogP contribution in [0.25, 0.3) is 22.2 Å². The highest BCUT2D eigenvalue weighted by Crippen LogP contribution is 2.31. The maximum atomic E-state index is 8.93. The molecule has 0 fully saturated rings. The molecule has 0 bridgehead atoms. The number of nitrogens with one attached hydrogen (secondary N) is 1. The number of aromatic amines is 1. The van der Waals surface area contributed by atoms with E-state index in [1.807, 2.05) is 42.5 Å². The third-order valence-electron chi connectivity index (χ3n) is 2.71. The van der Waals surface area contributed by atoms with E-state index < -0.39 is 0 Å². The van der Waals surface area contributed by atoms with E-state index in [9.17, 15) is 0 Å². The second-order valence-electron chi connectivity index (χ2n) is 3.68. The van der Waals surface area contributed by atoms with Crippen LogP contribution < -0.4 is 0 Å². The van der Waals surface area contributed by atoms with Gasteiger partial charge < -0.3 is 4.98 Å². The Kier molecular flexibility index (Phi) is 1.84. The van der Waals surface area contributed by atoms with Gasteiger partial charge in [-0.15, -0.1) is 0 Å². The molecule has 0 atom stereocenters. The number of nitriles is 2. The first-order chi connectivity index (χ1) is 8.33. The summed E-state index contributed by atoms with van der Waals surface area (Å²) in [5.74, 6) is 0. The molecule has 1 N–H and O–H groups in total. The summed E-state index contributed by atoms with van der Waals surface area (Å²) in [5.41, 5.74) is 1.85. The Morgan fingerprint density at radius 2 is 1.94 bits per heavy atom. The lowest BCUT2D eigenvalue weighted by molar-refractivity contribution is 1.14. The van der Waals surface area contributed by atoms with E-state index in [0.717, 1.165) is 22.2 Å². The molecule has 78 valence electrons. The molecule has 0 amide bonds. The van der Waals surface area contributed by atoms with Gasteiger partial charge in [-0.25, -0.2) is 4.98 Å². The van der Waals surface area contributed by atoms with E-state index in [1.165, 1.54) is 0 Å². The quantitative estimate of drug-likeness (QED) is 0.629. The zero-order valence-corrected chi connectivity index (χ0v) is 8.73. The molecule has 0 radical (unpaired) electrons. The minimum atomic E-state index is 0.136. The van der Waals surface area contributed by atoms with Gasteiger partial charge in [0.05, 0.1) is 11.4 Å². The van der Waals surface area contributed by atoms with Crippen molar-refractivity contribution in [2.75, 3.05) is 0 Å². The van der Waals surface area contributed by atoms with Gasteiger partial charge in [0.1, 0.15) is 12.1 Å². The topological polar surface area (TPSA) is 76.3 Å². The van der Waals surface area contributed by atoms with Crippen molar-refractivity contribution in [3.05, 3.63) is 41.7 Å². The summed E-state index contributed by atoms with van der Waals surface area (Å²) >= 11 is 0. The van der Waals surface area contributed by atoms with Crippen LogP contribution in [-0.2, 0) is 0 Å². The number of H-pyrrole nitrogens is 1. The summed E-state index contributed by atoms with van der Waals surface area (Å²) in [6.45, 7) is 0. The Labute approximate surface area is 97.1 Å². The number of hydrogen-bond donors (Lipinski definition) is 1. The predicted molar refractivity (Wildman–Crippen MR) is 62.1 cm³/mol. The average molecular weight is 218 g/mol. The van der Waals surface area contributed by atoms with Gasteiger partial charge in [0, 0.05) is 5.39 Å². The van der Waals surface area contributed by atoms with E-state index in [4.69, 9.17) is 10.5 Å². The fraction of sp³-hybridized carbons (Fsp3) is 0. The van der Waals surface area contributed by atoms with Gasteiger partial charge in [-0.05, 0) is 11.5 Å². The molecule has 2 aliphatic rings. The van der Waals surface area contributed by atoms with Crippen LogP contribution in [0.2, 0.25) is 0 Å². The van der Waals surface area contributed by atoms with Crippen molar-refractivity contribution in [1.82, 2.24) is 9.97 Å². The first kappa shape index (κ1) is 9.38. The van der Waals surface area contributed by atoms with Crippen LogP contribution in [0.15, 0.2) is 30.3 Å². The van der Waals surface area contributed by atoms with Gasteiger partial charge in [0.25, 0.3) is 0 Å². The molecule has 0 saturated heterocycles. The molecule has 1 heterocycles. The third-order valence-corrected chi connectivity index (χ3v) is 2.71. The first-order valence-electron chi connectivity index (χ1n) is 5.05. The van der Waals surface area contributed by atoms with Crippen molar-refractivity contribution >= 4 is 10.8 Å². The monoisotopic (exact) mass is 218 g/mol. The zero-order chi connectivity index (χ0) is 11.8. The van der Waals surface area contributed by atoms with Gasteiger partial charge >= 0.3 is 0 Å². The lowest BCUT2D eigenvalue weighted by Crippen LogP contribution is -1.97. The Balaban J connectivity index is 2.48. The maximum absolute atomic E-state index is 8.93. The largest absolute Gasteiger partial charge is 0.343 e. The molecule has 0 unspecified atom stereocenters. The fourth-order valence-corrected chi connectivity index (χ4v) is 1.95. The van der Waals surface area contributed by atoms with Crippen molar-refractivity contribution in [1.29, 1.82) is 10.5 Å².